The first-order valence-corrected chi connectivity index (χ1v) is 7.61. The first kappa shape index (κ1) is 17.7. The van der Waals surface area contributed by atoms with E-state index in [4.69, 9.17) is 10.5 Å². The number of nitrogen functional groups attached to an aromatic ring is 1. The number of halogens is 1. The van der Waals surface area contributed by atoms with Crippen LogP contribution in [0.2, 0.25) is 0 Å². The number of hydrogen-bond donors (Lipinski definition) is 2. The van der Waals surface area contributed by atoms with Gasteiger partial charge in [-0.1, -0.05) is 28.1 Å². The molecular weight excluding hydrogens is 382 g/mol. The number of nitrogens with two attached hydrogens (primary N) is 1. The van der Waals surface area contributed by atoms with Gasteiger partial charge < -0.3 is 10.5 Å². The fourth-order valence-electron chi connectivity index (χ4n) is 1.94. The smallest absolute Gasteiger partial charge is 0.329 e. The second kappa shape index (κ2) is 7.26. The molecule has 1 heterocycles. The van der Waals surface area contributed by atoms with Gasteiger partial charge in [-0.2, -0.15) is 0 Å². The molecule has 126 valence electrons. The monoisotopic (exact) mass is 395 g/mol. The number of anilines is 1. The molecule has 0 spiro atoms. The number of carbonyl (C=O) groups excluding carboxylic acids is 2. The molecule has 9 heteroatoms. The van der Waals surface area contributed by atoms with E-state index in [-0.39, 0.29) is 12.2 Å². The van der Waals surface area contributed by atoms with Crippen molar-refractivity contribution < 1.29 is 14.3 Å². The van der Waals surface area contributed by atoms with E-state index in [1.807, 2.05) is 4.98 Å². The van der Waals surface area contributed by atoms with Gasteiger partial charge in [0.15, 0.2) is 6.61 Å². The number of ether oxygens (including phenoxy) is 1. The molecule has 0 fully saturated rings. The molecule has 0 bridgehead atoms. The molecule has 0 unspecified atom stereocenters. The molecule has 0 aliphatic heterocycles. The number of aromatic amines is 1. The van der Waals surface area contributed by atoms with E-state index in [0.29, 0.717) is 0 Å². The maximum Gasteiger partial charge on any atom is 0.329 e. The summed E-state index contributed by atoms with van der Waals surface area (Å²) in [7, 11) is 1.31. The number of hydrogen-bond acceptors (Lipinski definition) is 6. The van der Waals surface area contributed by atoms with Crippen LogP contribution >= 0.6 is 15.9 Å². The van der Waals surface area contributed by atoms with Crippen molar-refractivity contribution in [2.75, 3.05) is 12.3 Å². The molecule has 0 atom stereocenters. The Labute approximate surface area is 144 Å². The van der Waals surface area contributed by atoms with E-state index >= 15 is 0 Å². The van der Waals surface area contributed by atoms with Crippen LogP contribution in [0.5, 0.6) is 0 Å². The molecule has 0 radical (unpaired) electrons. The first-order chi connectivity index (χ1) is 11.3. The lowest BCUT2D eigenvalue weighted by molar-refractivity contribution is -0.141. The SMILES string of the molecule is Cn1c(N)c(C(=O)COC(=O)Cc2ccc(Br)cc2)c(=O)[nH]c1=O. The van der Waals surface area contributed by atoms with Crippen molar-refractivity contribution in [2.45, 2.75) is 6.42 Å². The summed E-state index contributed by atoms with van der Waals surface area (Å²) in [5.74, 6) is -1.68. The Morgan fingerprint density at radius 1 is 1.25 bits per heavy atom. The van der Waals surface area contributed by atoms with E-state index in [9.17, 15) is 19.2 Å². The number of carbonyl (C=O) groups is 2. The molecule has 0 saturated heterocycles. The van der Waals surface area contributed by atoms with E-state index in [1.54, 1.807) is 24.3 Å². The molecule has 0 saturated carbocycles. The van der Waals surface area contributed by atoms with Crippen LogP contribution in [0.25, 0.3) is 0 Å². The number of nitrogens with one attached hydrogen (secondary N) is 1. The highest BCUT2D eigenvalue weighted by Gasteiger charge is 2.19. The van der Waals surface area contributed by atoms with Gasteiger partial charge in [0.2, 0.25) is 5.78 Å². The molecule has 2 aromatic rings. The predicted molar refractivity (Wildman–Crippen MR) is 89.9 cm³/mol. The number of rotatable bonds is 5. The number of esters is 1. The van der Waals surface area contributed by atoms with Gasteiger partial charge >= 0.3 is 11.7 Å². The number of benzene rings is 1. The predicted octanol–water partition coefficient (Wildman–Crippen LogP) is 0.387. The third-order valence-corrected chi connectivity index (χ3v) is 3.80. The standard InChI is InChI=1S/C15H14BrN3O5/c1-19-13(17)12(14(22)18-15(19)23)10(20)7-24-11(21)6-8-2-4-9(16)5-3-8/h2-5H,6-7,17H2,1H3,(H,18,22,23). The van der Waals surface area contributed by atoms with Gasteiger partial charge in [-0.15, -0.1) is 0 Å². The minimum atomic E-state index is -0.912. The molecule has 1 aromatic carbocycles. The number of aromatic nitrogens is 2. The summed E-state index contributed by atoms with van der Waals surface area (Å²) in [6, 6.07) is 7.03. The van der Waals surface area contributed by atoms with Gasteiger partial charge in [0, 0.05) is 11.5 Å². The van der Waals surface area contributed by atoms with Crippen molar-refractivity contribution in [3.8, 4) is 0 Å². The second-order valence-corrected chi connectivity index (χ2v) is 5.88. The van der Waals surface area contributed by atoms with Crippen molar-refractivity contribution in [1.29, 1.82) is 0 Å². The van der Waals surface area contributed by atoms with Crippen LogP contribution in [0.3, 0.4) is 0 Å². The molecule has 0 amide bonds. The molecule has 0 aliphatic rings. The van der Waals surface area contributed by atoms with Gasteiger partial charge in [0.1, 0.15) is 11.4 Å². The zero-order chi connectivity index (χ0) is 17.9. The van der Waals surface area contributed by atoms with Crippen LogP contribution in [0, 0.1) is 0 Å². The fraction of sp³-hybridized carbons (Fsp3) is 0.200. The fourth-order valence-corrected chi connectivity index (χ4v) is 2.21. The highest BCUT2D eigenvalue weighted by molar-refractivity contribution is 9.10. The van der Waals surface area contributed by atoms with Crippen LogP contribution in [0.4, 0.5) is 5.82 Å². The zero-order valence-corrected chi connectivity index (χ0v) is 14.3. The van der Waals surface area contributed by atoms with Gasteiger partial charge in [0.25, 0.3) is 5.56 Å². The molecule has 24 heavy (non-hydrogen) atoms. The van der Waals surface area contributed by atoms with Gasteiger partial charge in [-0.25, -0.2) is 4.79 Å². The zero-order valence-electron chi connectivity index (χ0n) is 12.7. The van der Waals surface area contributed by atoms with Gasteiger partial charge in [-0.3, -0.25) is 23.9 Å². The number of nitrogens with zero attached hydrogens (tertiary/aromatic N) is 1. The third-order valence-electron chi connectivity index (χ3n) is 3.27. The minimum Gasteiger partial charge on any atom is -0.457 e. The average molecular weight is 396 g/mol. The number of H-pyrrole nitrogens is 1. The maximum absolute atomic E-state index is 12.1. The summed E-state index contributed by atoms with van der Waals surface area (Å²) in [5, 5.41) is 0. The summed E-state index contributed by atoms with van der Waals surface area (Å²) in [6.45, 7) is -0.638. The number of Topliss-reactive ketones (excluding diaryl/α,β-unsaturated/α-hetero) is 1. The largest absolute Gasteiger partial charge is 0.457 e. The quantitative estimate of drug-likeness (QED) is 0.557. The third kappa shape index (κ3) is 3.99. The topological polar surface area (TPSA) is 124 Å². The summed E-state index contributed by atoms with van der Waals surface area (Å²) < 4.78 is 6.68. The van der Waals surface area contributed by atoms with E-state index in [0.717, 1.165) is 14.6 Å². The van der Waals surface area contributed by atoms with Crippen LogP contribution < -0.4 is 17.0 Å². The van der Waals surface area contributed by atoms with E-state index < -0.39 is 35.2 Å². The Morgan fingerprint density at radius 3 is 2.50 bits per heavy atom. The number of ketones is 1. The Kier molecular flexibility index (Phi) is 5.35. The maximum atomic E-state index is 12.1. The Bertz CT molecular complexity index is 899. The van der Waals surface area contributed by atoms with Crippen LogP contribution in [-0.4, -0.2) is 27.9 Å². The summed E-state index contributed by atoms with van der Waals surface area (Å²) in [4.78, 5) is 48.8. The highest BCUT2D eigenvalue weighted by Crippen LogP contribution is 2.11. The molecular formula is C15H14BrN3O5. The van der Waals surface area contributed by atoms with Crippen molar-refractivity contribution in [1.82, 2.24) is 9.55 Å². The Hall–Kier alpha value is -2.68. The lowest BCUT2D eigenvalue weighted by atomic mass is 10.1. The van der Waals surface area contributed by atoms with Crippen molar-refractivity contribution in [3.63, 3.8) is 0 Å². The average Bonchev–Trinajstić information content (AvgIpc) is 2.53. The van der Waals surface area contributed by atoms with Gasteiger partial charge in [0.05, 0.1) is 6.42 Å². The molecule has 8 nitrogen and oxygen atoms in total. The van der Waals surface area contributed by atoms with E-state index in [2.05, 4.69) is 15.9 Å². The van der Waals surface area contributed by atoms with E-state index in [1.165, 1.54) is 7.05 Å². The van der Waals surface area contributed by atoms with Crippen LogP contribution in [0.15, 0.2) is 38.3 Å². The van der Waals surface area contributed by atoms with Crippen LogP contribution in [-0.2, 0) is 23.0 Å². The molecule has 3 N–H and O–H groups in total. The second-order valence-electron chi connectivity index (χ2n) is 4.97. The van der Waals surface area contributed by atoms with Crippen molar-refractivity contribution in [2.24, 2.45) is 7.05 Å². The van der Waals surface area contributed by atoms with Gasteiger partial charge in [-0.05, 0) is 17.7 Å². The van der Waals surface area contributed by atoms with Crippen molar-refractivity contribution >= 4 is 33.5 Å². The minimum absolute atomic E-state index is 0.0142. The lowest BCUT2D eigenvalue weighted by Gasteiger charge is -2.08. The Balaban J connectivity index is 2.04. The summed E-state index contributed by atoms with van der Waals surface area (Å²) in [5.41, 5.74) is 4.27. The lowest BCUT2D eigenvalue weighted by Crippen LogP contribution is -2.35. The molecule has 0 aliphatic carbocycles. The highest BCUT2D eigenvalue weighted by atomic mass is 79.9. The molecule has 1 aromatic heterocycles. The van der Waals surface area contributed by atoms with Crippen molar-refractivity contribution in [3.05, 3.63) is 60.7 Å². The first-order valence-electron chi connectivity index (χ1n) is 6.81. The summed E-state index contributed by atoms with van der Waals surface area (Å²) in [6.07, 6.45) is -0.0142. The summed E-state index contributed by atoms with van der Waals surface area (Å²) >= 11 is 3.28. The molecule has 2 rings (SSSR count). The van der Waals surface area contributed by atoms with Crippen LogP contribution in [0.1, 0.15) is 15.9 Å². The Morgan fingerprint density at radius 2 is 1.88 bits per heavy atom. The normalized spacial score (nSPS) is 10.4.